The van der Waals surface area contributed by atoms with Crippen molar-refractivity contribution in [2.45, 2.75) is 19.4 Å². The van der Waals surface area contributed by atoms with E-state index in [1.165, 1.54) is 18.2 Å². The summed E-state index contributed by atoms with van der Waals surface area (Å²) in [6, 6.07) is 15.1. The van der Waals surface area contributed by atoms with E-state index < -0.39 is 0 Å². The Bertz CT molecular complexity index is 788. The maximum atomic E-state index is 12.3. The summed E-state index contributed by atoms with van der Waals surface area (Å²) in [6.45, 7) is 2.06. The van der Waals surface area contributed by atoms with Gasteiger partial charge in [0, 0.05) is 0 Å². The van der Waals surface area contributed by atoms with Gasteiger partial charge in [-0.1, -0.05) is 43.3 Å². The number of benzene rings is 2. The molecule has 3 rings (SSSR count). The number of hydrogen-bond donors (Lipinski definition) is 2. The molecule has 0 spiro atoms. The van der Waals surface area contributed by atoms with Gasteiger partial charge in [-0.3, -0.25) is 9.59 Å². The molecule has 2 atom stereocenters. The van der Waals surface area contributed by atoms with Crippen LogP contribution in [-0.2, 0) is 11.2 Å². The minimum Gasteiger partial charge on any atom is -0.496 e. The van der Waals surface area contributed by atoms with Gasteiger partial charge < -0.3 is 15.4 Å². The third-order valence-corrected chi connectivity index (χ3v) is 4.58. The van der Waals surface area contributed by atoms with E-state index in [4.69, 9.17) is 4.74 Å². The Morgan fingerprint density at radius 1 is 1.12 bits per heavy atom. The van der Waals surface area contributed by atoms with Crippen LogP contribution in [0, 0.1) is 5.92 Å². The molecule has 0 radical (unpaired) electrons. The maximum Gasteiger partial charge on any atom is 0.255 e. The Hall–Kier alpha value is -2.82. The Labute approximate surface area is 147 Å². The summed E-state index contributed by atoms with van der Waals surface area (Å²) >= 11 is 0. The minimum atomic E-state index is -0.326. The molecular weight excluding hydrogens is 316 g/mol. The van der Waals surface area contributed by atoms with Gasteiger partial charge in [0.15, 0.2) is 0 Å². The van der Waals surface area contributed by atoms with Crippen molar-refractivity contribution in [3.8, 4) is 5.75 Å². The summed E-state index contributed by atoms with van der Waals surface area (Å²) in [6.07, 6.45) is 0.953. The van der Waals surface area contributed by atoms with Crippen molar-refractivity contribution in [3.63, 3.8) is 0 Å². The second kappa shape index (κ2) is 7.38. The van der Waals surface area contributed by atoms with Gasteiger partial charge in [-0.2, -0.15) is 0 Å². The zero-order valence-corrected chi connectivity index (χ0v) is 14.4. The van der Waals surface area contributed by atoms with Gasteiger partial charge in [0.2, 0.25) is 5.91 Å². The van der Waals surface area contributed by atoms with E-state index in [0.29, 0.717) is 17.2 Å². The number of carbonyl (C=O) groups is 2. The molecule has 0 bridgehead atoms. The van der Waals surface area contributed by atoms with Gasteiger partial charge in [0.05, 0.1) is 25.3 Å². The Morgan fingerprint density at radius 2 is 1.84 bits per heavy atom. The van der Waals surface area contributed by atoms with E-state index in [-0.39, 0.29) is 24.4 Å². The Morgan fingerprint density at radius 3 is 2.64 bits per heavy atom. The predicted octanol–water partition coefficient (Wildman–Crippen LogP) is 2.47. The number of para-hydroxylation sites is 1. The highest BCUT2D eigenvalue weighted by molar-refractivity contribution is 5.98. The van der Waals surface area contributed by atoms with Gasteiger partial charge in [-0.15, -0.1) is 0 Å². The van der Waals surface area contributed by atoms with Crippen molar-refractivity contribution < 1.29 is 14.3 Å². The number of fused-ring (bicyclic) bond motifs is 1. The fourth-order valence-electron chi connectivity index (χ4n) is 3.33. The first-order valence-electron chi connectivity index (χ1n) is 8.38. The third kappa shape index (κ3) is 3.65. The van der Waals surface area contributed by atoms with Crippen LogP contribution in [0.25, 0.3) is 0 Å². The minimum absolute atomic E-state index is 0.00753. The third-order valence-electron chi connectivity index (χ3n) is 4.58. The van der Waals surface area contributed by atoms with Crippen LogP contribution >= 0.6 is 0 Å². The topological polar surface area (TPSA) is 67.4 Å². The summed E-state index contributed by atoms with van der Waals surface area (Å²) in [5.41, 5.74) is 2.86. The van der Waals surface area contributed by atoms with E-state index in [0.717, 1.165) is 6.42 Å². The largest absolute Gasteiger partial charge is 0.496 e. The summed E-state index contributed by atoms with van der Waals surface area (Å²) in [7, 11) is 1.51. The lowest BCUT2D eigenvalue weighted by atomic mass is 10.0. The molecule has 25 heavy (non-hydrogen) atoms. The number of amides is 2. The van der Waals surface area contributed by atoms with Gasteiger partial charge in [0.1, 0.15) is 5.75 Å². The lowest BCUT2D eigenvalue weighted by molar-refractivity contribution is -0.121. The second-order valence-corrected chi connectivity index (χ2v) is 6.31. The van der Waals surface area contributed by atoms with Crippen LogP contribution < -0.4 is 15.4 Å². The van der Waals surface area contributed by atoms with Crippen molar-refractivity contribution in [3.05, 3.63) is 65.2 Å². The van der Waals surface area contributed by atoms with Crippen LogP contribution in [0.1, 0.15) is 34.5 Å². The van der Waals surface area contributed by atoms with Crippen molar-refractivity contribution >= 4 is 11.8 Å². The van der Waals surface area contributed by atoms with Gasteiger partial charge in [-0.25, -0.2) is 0 Å². The van der Waals surface area contributed by atoms with Crippen LogP contribution in [0.2, 0.25) is 0 Å². The van der Waals surface area contributed by atoms with E-state index in [1.54, 1.807) is 24.3 Å². The molecule has 0 fully saturated rings. The molecule has 1 aliphatic rings. The highest BCUT2D eigenvalue weighted by atomic mass is 16.5. The number of carbonyl (C=O) groups excluding carboxylic acids is 2. The monoisotopic (exact) mass is 338 g/mol. The number of nitrogens with one attached hydrogen (secondary N) is 2. The molecule has 2 N–H and O–H groups in total. The van der Waals surface area contributed by atoms with Crippen molar-refractivity contribution in [2.24, 2.45) is 5.92 Å². The number of hydrogen-bond acceptors (Lipinski definition) is 3. The summed E-state index contributed by atoms with van der Waals surface area (Å²) in [4.78, 5) is 24.5. The first kappa shape index (κ1) is 17.0. The van der Waals surface area contributed by atoms with E-state index in [2.05, 4.69) is 29.7 Å². The smallest absolute Gasteiger partial charge is 0.255 e. The first-order chi connectivity index (χ1) is 12.1. The molecule has 0 saturated heterocycles. The zero-order chi connectivity index (χ0) is 17.8. The van der Waals surface area contributed by atoms with Crippen molar-refractivity contribution in [1.82, 2.24) is 10.6 Å². The Kier molecular flexibility index (Phi) is 5.03. The molecule has 2 aromatic rings. The maximum absolute atomic E-state index is 12.3. The molecule has 0 saturated carbocycles. The van der Waals surface area contributed by atoms with E-state index in [1.807, 2.05) is 12.1 Å². The number of ether oxygens (including phenoxy) is 1. The molecule has 0 unspecified atom stereocenters. The highest BCUT2D eigenvalue weighted by Gasteiger charge is 2.30. The molecule has 0 heterocycles. The summed E-state index contributed by atoms with van der Waals surface area (Å²) in [5, 5.41) is 5.69. The van der Waals surface area contributed by atoms with Gasteiger partial charge in [0.25, 0.3) is 5.91 Å². The van der Waals surface area contributed by atoms with Crippen LogP contribution in [0.4, 0.5) is 0 Å². The Balaban J connectivity index is 1.59. The normalized spacial score (nSPS) is 18.3. The van der Waals surface area contributed by atoms with Crippen LogP contribution in [-0.4, -0.2) is 25.5 Å². The molecule has 0 aromatic heterocycles. The molecule has 2 amide bonds. The SMILES string of the molecule is COc1ccccc1C(=O)NCC(=O)N[C@@H]1c2ccccc2C[C@@H]1C. The van der Waals surface area contributed by atoms with Crippen LogP contribution in [0.3, 0.4) is 0 Å². The quantitative estimate of drug-likeness (QED) is 0.880. The van der Waals surface area contributed by atoms with Crippen molar-refractivity contribution in [2.75, 3.05) is 13.7 Å². The molecule has 5 nitrogen and oxygen atoms in total. The lowest BCUT2D eigenvalue weighted by Gasteiger charge is -2.19. The van der Waals surface area contributed by atoms with E-state index in [9.17, 15) is 9.59 Å². The van der Waals surface area contributed by atoms with Crippen LogP contribution in [0.15, 0.2) is 48.5 Å². The standard InChI is InChI=1S/C20H22N2O3/c1-13-11-14-7-3-4-8-15(14)19(13)22-18(23)12-21-20(24)16-9-5-6-10-17(16)25-2/h3-10,13,19H,11-12H2,1-2H3,(H,21,24)(H,22,23)/t13-,19-/m0/s1. The molecule has 130 valence electrons. The predicted molar refractivity (Wildman–Crippen MR) is 95.5 cm³/mol. The lowest BCUT2D eigenvalue weighted by Crippen LogP contribution is -2.39. The number of methoxy groups -OCH3 is 1. The molecule has 1 aliphatic carbocycles. The zero-order valence-electron chi connectivity index (χ0n) is 14.4. The van der Waals surface area contributed by atoms with Crippen molar-refractivity contribution in [1.29, 1.82) is 0 Å². The average molecular weight is 338 g/mol. The first-order valence-corrected chi connectivity index (χ1v) is 8.38. The van der Waals surface area contributed by atoms with E-state index >= 15 is 0 Å². The molecule has 2 aromatic carbocycles. The van der Waals surface area contributed by atoms with Crippen LogP contribution in [0.5, 0.6) is 5.75 Å². The van der Waals surface area contributed by atoms with Gasteiger partial charge in [-0.05, 0) is 35.6 Å². The fourth-order valence-corrected chi connectivity index (χ4v) is 3.33. The number of rotatable bonds is 5. The summed E-state index contributed by atoms with van der Waals surface area (Å²) < 4.78 is 5.17. The molecular formula is C20H22N2O3. The van der Waals surface area contributed by atoms with Gasteiger partial charge >= 0.3 is 0 Å². The average Bonchev–Trinajstić information content (AvgIpc) is 2.95. The second-order valence-electron chi connectivity index (χ2n) is 6.31. The molecule has 5 heteroatoms. The summed E-state index contributed by atoms with van der Waals surface area (Å²) in [5.74, 6) is 0.300. The molecule has 0 aliphatic heterocycles. The fraction of sp³-hybridized carbons (Fsp3) is 0.300. The highest BCUT2D eigenvalue weighted by Crippen LogP contribution is 2.35.